The van der Waals surface area contributed by atoms with Gasteiger partial charge in [-0.1, -0.05) is 0 Å². The van der Waals surface area contributed by atoms with Crippen molar-refractivity contribution in [3.8, 4) is 0 Å². The van der Waals surface area contributed by atoms with Crippen LogP contribution in [0.2, 0.25) is 0 Å². The number of imidazole rings is 1. The molecule has 0 saturated carbocycles. The average molecular weight is 326 g/mol. The Bertz CT molecular complexity index is 595. The summed E-state index contributed by atoms with van der Waals surface area (Å²) in [7, 11) is 1.82. The number of hydrogen-bond donors (Lipinski definition) is 1. The number of fused-ring (bicyclic) bond motifs is 1. The summed E-state index contributed by atoms with van der Waals surface area (Å²) in [6.45, 7) is 4.11. The van der Waals surface area contributed by atoms with Gasteiger partial charge in [-0.3, -0.25) is 4.79 Å². The Morgan fingerprint density at radius 2 is 2.32 bits per heavy atom. The predicted molar refractivity (Wildman–Crippen MR) is 77.2 cm³/mol. The summed E-state index contributed by atoms with van der Waals surface area (Å²) in [6.07, 6.45) is 5.37. The van der Waals surface area contributed by atoms with Gasteiger partial charge < -0.3 is 14.6 Å². The number of nitrogens with one attached hydrogen (secondary N) is 1. The van der Waals surface area contributed by atoms with Gasteiger partial charge in [-0.25, -0.2) is 9.97 Å². The summed E-state index contributed by atoms with van der Waals surface area (Å²) in [5, 5.41) is 2.85. The normalized spacial score (nSPS) is 11.0. The zero-order valence-electron chi connectivity index (χ0n) is 11.1. The molecule has 1 amide bonds. The molecule has 7 heteroatoms. The van der Waals surface area contributed by atoms with Crippen LogP contribution in [0.3, 0.4) is 0 Å². The lowest BCUT2D eigenvalue weighted by molar-refractivity contribution is -0.120. The van der Waals surface area contributed by atoms with Gasteiger partial charge in [0.2, 0.25) is 5.91 Å². The number of aromatic nitrogens is 3. The summed E-state index contributed by atoms with van der Waals surface area (Å²) in [6, 6.07) is 0.128. The molecule has 2 heterocycles. The molecule has 0 aromatic carbocycles. The van der Waals surface area contributed by atoms with E-state index in [2.05, 4.69) is 31.2 Å². The molecule has 0 aliphatic rings. The summed E-state index contributed by atoms with van der Waals surface area (Å²) < 4.78 is 2.56. The van der Waals surface area contributed by atoms with Crippen molar-refractivity contribution in [2.75, 3.05) is 18.5 Å². The maximum Gasteiger partial charge on any atom is 0.239 e. The Labute approximate surface area is 120 Å². The minimum atomic E-state index is -0.0380. The van der Waals surface area contributed by atoms with Gasteiger partial charge in [-0.2, -0.15) is 0 Å². The van der Waals surface area contributed by atoms with Crippen molar-refractivity contribution < 1.29 is 4.79 Å². The first-order valence-electron chi connectivity index (χ1n) is 5.97. The third kappa shape index (κ3) is 3.23. The van der Waals surface area contributed by atoms with Crippen LogP contribution in [0.5, 0.6) is 0 Å². The second kappa shape index (κ2) is 5.56. The van der Waals surface area contributed by atoms with E-state index in [0.717, 1.165) is 5.65 Å². The lowest BCUT2D eigenvalue weighted by Gasteiger charge is -2.19. The van der Waals surface area contributed by atoms with Crippen molar-refractivity contribution in [1.82, 2.24) is 19.7 Å². The highest BCUT2D eigenvalue weighted by atomic mass is 79.9. The molecule has 0 radical (unpaired) electrons. The fourth-order valence-electron chi connectivity index (χ4n) is 1.80. The minimum absolute atomic E-state index is 0.0380. The van der Waals surface area contributed by atoms with Gasteiger partial charge in [0, 0.05) is 31.7 Å². The van der Waals surface area contributed by atoms with E-state index in [1.165, 1.54) is 0 Å². The van der Waals surface area contributed by atoms with Crippen LogP contribution < -0.4 is 10.2 Å². The third-order valence-corrected chi connectivity index (χ3v) is 2.90. The molecule has 2 rings (SSSR count). The predicted octanol–water partition coefficient (Wildman–Crippen LogP) is 1.45. The average Bonchev–Trinajstić information content (AvgIpc) is 2.73. The van der Waals surface area contributed by atoms with Gasteiger partial charge in [0.1, 0.15) is 4.60 Å². The highest BCUT2D eigenvalue weighted by molar-refractivity contribution is 9.10. The maximum atomic E-state index is 11.8. The first-order valence-corrected chi connectivity index (χ1v) is 6.76. The monoisotopic (exact) mass is 325 g/mol. The molecular weight excluding hydrogens is 310 g/mol. The van der Waals surface area contributed by atoms with E-state index in [1.54, 1.807) is 11.1 Å². The fourth-order valence-corrected chi connectivity index (χ4v) is 2.19. The number of nitrogens with zero attached hydrogens (tertiary/aromatic N) is 4. The Kier molecular flexibility index (Phi) is 4.04. The van der Waals surface area contributed by atoms with Crippen molar-refractivity contribution >= 4 is 33.3 Å². The Morgan fingerprint density at radius 3 is 3.00 bits per heavy atom. The third-order valence-electron chi connectivity index (χ3n) is 2.52. The van der Waals surface area contributed by atoms with E-state index in [-0.39, 0.29) is 18.5 Å². The molecule has 2 aromatic heterocycles. The van der Waals surface area contributed by atoms with Crippen molar-refractivity contribution in [2.24, 2.45) is 0 Å². The molecule has 102 valence electrons. The van der Waals surface area contributed by atoms with Crippen LogP contribution in [0, 0.1) is 0 Å². The molecule has 0 saturated heterocycles. The molecule has 0 atom stereocenters. The van der Waals surface area contributed by atoms with E-state index in [1.807, 2.05) is 37.7 Å². The van der Waals surface area contributed by atoms with Gasteiger partial charge >= 0.3 is 0 Å². The number of hydrogen-bond acceptors (Lipinski definition) is 4. The van der Waals surface area contributed by atoms with Gasteiger partial charge in [-0.15, -0.1) is 0 Å². The lowest BCUT2D eigenvalue weighted by atomic mass is 10.4. The van der Waals surface area contributed by atoms with E-state index < -0.39 is 0 Å². The molecule has 19 heavy (non-hydrogen) atoms. The van der Waals surface area contributed by atoms with Gasteiger partial charge in [0.15, 0.2) is 11.5 Å². The second-order valence-electron chi connectivity index (χ2n) is 4.62. The fraction of sp³-hybridized carbons (Fsp3) is 0.417. The largest absolute Gasteiger partial charge is 0.352 e. The van der Waals surface area contributed by atoms with Crippen molar-refractivity contribution in [3.63, 3.8) is 0 Å². The second-order valence-corrected chi connectivity index (χ2v) is 5.44. The molecule has 0 aliphatic carbocycles. The standard InChI is InChI=1S/C12H16BrN5O/c1-8(2)15-10(19)7-17(3)12-11-14-4-5-18(11)6-9(13)16-12/h4-6,8H,7H2,1-3H3,(H,15,19). The molecule has 1 N–H and O–H groups in total. The molecule has 6 nitrogen and oxygen atoms in total. The molecule has 0 bridgehead atoms. The van der Waals surface area contributed by atoms with Crippen LogP contribution in [-0.2, 0) is 4.79 Å². The van der Waals surface area contributed by atoms with Gasteiger partial charge in [-0.05, 0) is 29.8 Å². The van der Waals surface area contributed by atoms with Crippen LogP contribution in [0.25, 0.3) is 5.65 Å². The molecule has 0 aliphatic heterocycles. The summed E-state index contributed by atoms with van der Waals surface area (Å²) in [4.78, 5) is 22.2. The van der Waals surface area contributed by atoms with Crippen molar-refractivity contribution in [3.05, 3.63) is 23.2 Å². The number of amides is 1. The Hall–Kier alpha value is -1.63. The summed E-state index contributed by atoms with van der Waals surface area (Å²) >= 11 is 3.36. The van der Waals surface area contributed by atoms with Crippen molar-refractivity contribution in [2.45, 2.75) is 19.9 Å². The number of halogens is 1. The van der Waals surface area contributed by atoms with Crippen molar-refractivity contribution in [1.29, 1.82) is 0 Å². The smallest absolute Gasteiger partial charge is 0.239 e. The van der Waals surface area contributed by atoms with Crippen LogP contribution in [0.1, 0.15) is 13.8 Å². The summed E-state index contributed by atoms with van der Waals surface area (Å²) in [5.41, 5.74) is 0.725. The Balaban J connectivity index is 2.23. The highest BCUT2D eigenvalue weighted by Gasteiger charge is 2.14. The van der Waals surface area contributed by atoms with Crippen LogP contribution in [0.15, 0.2) is 23.2 Å². The topological polar surface area (TPSA) is 62.5 Å². The number of anilines is 1. The lowest BCUT2D eigenvalue weighted by Crippen LogP contribution is -2.39. The highest BCUT2D eigenvalue weighted by Crippen LogP contribution is 2.19. The number of rotatable bonds is 4. The van der Waals surface area contributed by atoms with E-state index in [0.29, 0.717) is 10.4 Å². The van der Waals surface area contributed by atoms with Gasteiger partial charge in [0.25, 0.3) is 0 Å². The maximum absolute atomic E-state index is 11.8. The molecule has 0 spiro atoms. The van der Waals surface area contributed by atoms with Crippen LogP contribution in [0.4, 0.5) is 5.82 Å². The molecular formula is C12H16BrN5O. The number of carbonyl (C=O) groups is 1. The van der Waals surface area contributed by atoms with E-state index in [9.17, 15) is 4.79 Å². The minimum Gasteiger partial charge on any atom is -0.352 e. The SMILES string of the molecule is CC(C)NC(=O)CN(C)c1nc(Br)cn2ccnc12. The zero-order valence-corrected chi connectivity index (χ0v) is 12.7. The quantitative estimate of drug-likeness (QED) is 0.924. The number of likely N-dealkylation sites (N-methyl/N-ethyl adjacent to an activating group) is 1. The number of carbonyl (C=O) groups excluding carboxylic acids is 1. The molecule has 0 fully saturated rings. The molecule has 0 unspecified atom stereocenters. The van der Waals surface area contributed by atoms with Gasteiger partial charge in [0.05, 0.1) is 6.54 Å². The van der Waals surface area contributed by atoms with Crippen LogP contribution in [-0.4, -0.2) is 39.9 Å². The van der Waals surface area contributed by atoms with Crippen LogP contribution >= 0.6 is 15.9 Å². The summed E-state index contributed by atoms with van der Waals surface area (Å²) in [5.74, 6) is 0.627. The van der Waals surface area contributed by atoms with E-state index in [4.69, 9.17) is 0 Å². The first-order chi connectivity index (χ1) is 8.97. The Morgan fingerprint density at radius 1 is 1.58 bits per heavy atom. The first kappa shape index (κ1) is 13.8. The zero-order chi connectivity index (χ0) is 14.0. The van der Waals surface area contributed by atoms with E-state index >= 15 is 0 Å². The molecule has 2 aromatic rings.